The number of hydrogen-bond acceptors (Lipinski definition) is 6. The zero-order valence-corrected chi connectivity index (χ0v) is 24.9. The topological polar surface area (TPSA) is 115 Å². The van der Waals surface area contributed by atoms with Crippen molar-refractivity contribution in [1.29, 1.82) is 0 Å². The van der Waals surface area contributed by atoms with Crippen molar-refractivity contribution < 1.29 is 23.5 Å². The Morgan fingerprint density at radius 2 is 1.76 bits per heavy atom. The summed E-state index contributed by atoms with van der Waals surface area (Å²) in [5.41, 5.74) is 4.22. The van der Waals surface area contributed by atoms with E-state index < -0.39 is 11.9 Å². The maximum atomic E-state index is 15.4. The molecule has 1 amide bonds. The number of carbonyl (C=O) groups is 1. The van der Waals surface area contributed by atoms with Crippen LogP contribution >= 0.6 is 11.6 Å². The largest absolute Gasteiger partial charge is 0.349 e. The van der Waals surface area contributed by atoms with Gasteiger partial charge in [0.2, 0.25) is 6.20 Å². The van der Waals surface area contributed by atoms with Gasteiger partial charge in [-0.25, -0.2) is 8.78 Å². The normalized spacial score (nSPS) is 13.5. The van der Waals surface area contributed by atoms with Gasteiger partial charge in [-0.05, 0) is 76.9 Å². The number of halogens is 3. The lowest BCUT2D eigenvalue weighted by atomic mass is 10.00. The second-order valence-corrected chi connectivity index (χ2v) is 11.5. The molecule has 0 radical (unpaired) electrons. The second kappa shape index (κ2) is 12.1. The summed E-state index contributed by atoms with van der Waals surface area (Å²) in [7, 11) is 0. The van der Waals surface area contributed by atoms with Gasteiger partial charge in [-0.2, -0.15) is 9.78 Å². The van der Waals surface area contributed by atoms with E-state index in [-0.39, 0.29) is 28.4 Å². The highest BCUT2D eigenvalue weighted by molar-refractivity contribution is 6.31. The van der Waals surface area contributed by atoms with Crippen molar-refractivity contribution in [3.8, 4) is 27.9 Å². The number of aromatic nitrogens is 7. The van der Waals surface area contributed by atoms with E-state index in [1.807, 2.05) is 18.3 Å². The second-order valence-electron chi connectivity index (χ2n) is 11.1. The van der Waals surface area contributed by atoms with Crippen LogP contribution in [-0.2, 0) is 6.42 Å². The van der Waals surface area contributed by atoms with Crippen LogP contribution in [0.25, 0.3) is 27.9 Å². The lowest BCUT2D eigenvalue weighted by Gasteiger charge is -2.16. The third kappa shape index (κ3) is 5.94. The average Bonchev–Trinajstić information content (AvgIpc) is 3.48. The Morgan fingerprint density at radius 3 is 2.46 bits per heavy atom. The van der Waals surface area contributed by atoms with E-state index >= 15 is 4.39 Å². The van der Waals surface area contributed by atoms with Crippen LogP contribution in [0.3, 0.4) is 0 Å². The number of hydrogen-bond donors (Lipinski definition) is 2. The van der Waals surface area contributed by atoms with Gasteiger partial charge < -0.3 is 5.32 Å². The Balaban J connectivity index is 1.24. The first-order valence-corrected chi connectivity index (χ1v) is 14.9. The maximum absolute atomic E-state index is 15.4. The van der Waals surface area contributed by atoms with E-state index in [2.05, 4.69) is 25.9 Å². The first kappa shape index (κ1) is 29.2. The highest BCUT2D eigenvalue weighted by Gasteiger charge is 2.29. The number of benzene rings is 3. The van der Waals surface area contributed by atoms with Crippen molar-refractivity contribution >= 4 is 17.5 Å². The van der Waals surface area contributed by atoms with Crippen LogP contribution in [0.4, 0.5) is 8.78 Å². The standard InChI is InChI=1S/C33H25ClF2N8O2/c34-27-12-14-29(43-19-37-40-41-43)31(32(27)36)23-7-13-28(44(46)18-23)30(15-20-1-8-25(35)9-2-20)42-17-24(16-38-42)21-3-5-22(6-4-21)33(45)39-26-10-11-26/h1-9,12-14,16-19,26,30H,10-11,15H2,(H-,39,45,46)/p+1. The highest BCUT2D eigenvalue weighted by Crippen LogP contribution is 2.34. The smallest absolute Gasteiger partial charge is 0.258 e. The minimum Gasteiger partial charge on any atom is -0.349 e. The zero-order chi connectivity index (χ0) is 31.8. The predicted molar refractivity (Wildman–Crippen MR) is 163 cm³/mol. The van der Waals surface area contributed by atoms with Crippen molar-refractivity contribution in [3.05, 3.63) is 131 Å². The molecule has 0 saturated heterocycles. The van der Waals surface area contributed by atoms with E-state index in [9.17, 15) is 14.4 Å². The van der Waals surface area contributed by atoms with Gasteiger partial charge in [0.15, 0.2) is 5.82 Å². The molecule has 2 N–H and O–H groups in total. The lowest BCUT2D eigenvalue weighted by molar-refractivity contribution is -0.910. The Hall–Kier alpha value is -5.49. The van der Waals surface area contributed by atoms with E-state index in [0.29, 0.717) is 28.9 Å². The number of nitrogens with zero attached hydrogens (tertiary/aromatic N) is 7. The minimum atomic E-state index is -0.696. The first-order valence-electron chi connectivity index (χ1n) is 14.5. The number of pyridine rings is 1. The van der Waals surface area contributed by atoms with E-state index in [0.717, 1.165) is 34.3 Å². The molecule has 1 saturated carbocycles. The molecule has 13 heteroatoms. The zero-order valence-electron chi connectivity index (χ0n) is 24.1. The van der Waals surface area contributed by atoms with Gasteiger partial charge >= 0.3 is 0 Å². The molecule has 230 valence electrons. The van der Waals surface area contributed by atoms with Crippen LogP contribution in [0, 0.1) is 11.6 Å². The molecule has 0 aliphatic heterocycles. The molecule has 0 spiro atoms. The van der Waals surface area contributed by atoms with Crippen molar-refractivity contribution in [2.75, 3.05) is 0 Å². The van der Waals surface area contributed by atoms with E-state index in [4.69, 9.17) is 11.6 Å². The van der Waals surface area contributed by atoms with Crippen LogP contribution in [0.1, 0.15) is 40.5 Å². The first-order chi connectivity index (χ1) is 22.3. The Kier molecular flexibility index (Phi) is 7.71. The molecular formula is C33H26ClF2N8O2+. The van der Waals surface area contributed by atoms with Crippen molar-refractivity contribution in [2.45, 2.75) is 31.3 Å². The van der Waals surface area contributed by atoms with Crippen LogP contribution in [-0.4, -0.2) is 47.1 Å². The minimum absolute atomic E-state index is 0.0946. The van der Waals surface area contributed by atoms with Crippen LogP contribution < -0.4 is 10.0 Å². The van der Waals surface area contributed by atoms with Gasteiger partial charge in [-0.15, -0.1) is 5.10 Å². The molecule has 46 heavy (non-hydrogen) atoms. The molecule has 1 aliphatic carbocycles. The number of rotatable bonds is 9. The molecule has 1 aliphatic rings. The summed E-state index contributed by atoms with van der Waals surface area (Å²) >= 11 is 6.14. The fourth-order valence-electron chi connectivity index (χ4n) is 5.34. The Bertz CT molecular complexity index is 2030. The van der Waals surface area contributed by atoms with Gasteiger partial charge in [0, 0.05) is 40.6 Å². The summed E-state index contributed by atoms with van der Waals surface area (Å²) in [5.74, 6) is -1.15. The fraction of sp³-hybridized carbons (Fsp3) is 0.152. The number of amides is 1. The van der Waals surface area contributed by atoms with Gasteiger partial charge in [-0.3, -0.25) is 14.7 Å². The molecule has 3 heterocycles. The summed E-state index contributed by atoms with van der Waals surface area (Å²) in [6.45, 7) is 0. The number of nitrogens with one attached hydrogen (secondary N) is 1. The van der Waals surface area contributed by atoms with Crippen molar-refractivity contribution in [1.82, 2.24) is 35.3 Å². The van der Waals surface area contributed by atoms with Gasteiger partial charge in [0.05, 0.1) is 28.0 Å². The Labute approximate surface area is 266 Å². The molecule has 7 rings (SSSR count). The lowest BCUT2D eigenvalue weighted by Crippen LogP contribution is -2.39. The number of carbonyl (C=O) groups excluding carboxylic acids is 1. The van der Waals surface area contributed by atoms with Gasteiger partial charge in [0.25, 0.3) is 11.6 Å². The molecule has 3 aromatic carbocycles. The van der Waals surface area contributed by atoms with E-state index in [1.165, 1.54) is 35.4 Å². The summed E-state index contributed by atoms with van der Waals surface area (Å²) < 4.78 is 33.1. The molecular weight excluding hydrogens is 614 g/mol. The molecule has 10 nitrogen and oxygen atoms in total. The summed E-state index contributed by atoms with van der Waals surface area (Å²) in [6, 6.07) is 19.4. The quantitative estimate of drug-likeness (QED) is 0.162. The van der Waals surface area contributed by atoms with Crippen molar-refractivity contribution in [2.24, 2.45) is 0 Å². The molecule has 1 unspecified atom stereocenters. The van der Waals surface area contributed by atoms with E-state index in [1.54, 1.807) is 53.3 Å². The SMILES string of the molecule is O=C(NC1CC1)c1ccc(-c2cnn(C(Cc3ccc(F)cc3)c3ccc(-c4c(-n5cnnn5)ccc(Cl)c4F)c[n+]3O)c2)cc1. The van der Waals surface area contributed by atoms with Crippen LogP contribution in [0.5, 0.6) is 0 Å². The summed E-state index contributed by atoms with van der Waals surface area (Å²) in [5, 5.41) is 30.0. The monoisotopic (exact) mass is 639 g/mol. The third-order valence-electron chi connectivity index (χ3n) is 7.91. The third-order valence-corrected chi connectivity index (χ3v) is 8.21. The summed E-state index contributed by atoms with van der Waals surface area (Å²) in [6.07, 6.45) is 8.63. The number of tetrazole rings is 1. The summed E-state index contributed by atoms with van der Waals surface area (Å²) in [4.78, 5) is 12.4. The molecule has 1 atom stereocenters. The predicted octanol–water partition coefficient (Wildman–Crippen LogP) is 5.37. The van der Waals surface area contributed by atoms with Crippen LogP contribution in [0.2, 0.25) is 5.02 Å². The van der Waals surface area contributed by atoms with Crippen molar-refractivity contribution in [3.63, 3.8) is 0 Å². The molecule has 6 aromatic rings. The van der Waals surface area contributed by atoms with Gasteiger partial charge in [-0.1, -0.05) is 35.9 Å². The van der Waals surface area contributed by atoms with Gasteiger partial charge in [0.1, 0.15) is 18.2 Å². The van der Waals surface area contributed by atoms with Crippen LogP contribution in [0.15, 0.2) is 97.7 Å². The maximum Gasteiger partial charge on any atom is 0.258 e. The molecule has 0 bridgehead atoms. The highest BCUT2D eigenvalue weighted by atomic mass is 35.5. The molecule has 1 fully saturated rings. The Morgan fingerprint density at radius 1 is 1.00 bits per heavy atom. The fourth-order valence-corrected chi connectivity index (χ4v) is 5.49. The molecule has 3 aromatic heterocycles. The average molecular weight is 640 g/mol.